The average molecular weight is 387 g/mol. The van der Waals surface area contributed by atoms with Crippen molar-refractivity contribution in [3.8, 4) is 0 Å². The Balaban J connectivity index is 1.58. The van der Waals surface area contributed by atoms with E-state index in [1.54, 1.807) is 6.33 Å². The van der Waals surface area contributed by atoms with Gasteiger partial charge in [-0.3, -0.25) is 4.79 Å². The van der Waals surface area contributed by atoms with Crippen molar-refractivity contribution in [2.75, 3.05) is 29.1 Å². The first kappa shape index (κ1) is 19.6. The number of morpholine rings is 1. The van der Waals surface area contributed by atoms with Crippen LogP contribution in [0.1, 0.15) is 25.0 Å². The first-order valence-corrected chi connectivity index (χ1v) is 10.1. The number of nitrogens with one attached hydrogen (secondary N) is 1. The van der Waals surface area contributed by atoms with Gasteiger partial charge in [0.05, 0.1) is 18.0 Å². The maximum absolute atomic E-state index is 12.3. The third-order valence-electron chi connectivity index (χ3n) is 4.38. The molecule has 1 N–H and O–H groups in total. The molecular weight excluding hydrogens is 360 g/mol. The fourth-order valence-corrected chi connectivity index (χ4v) is 3.89. The molecule has 3 rings (SSSR count). The number of nitrogens with zero attached hydrogens (tertiary/aromatic N) is 3. The van der Waals surface area contributed by atoms with Crippen molar-refractivity contribution in [1.82, 2.24) is 9.97 Å². The van der Waals surface area contributed by atoms with Gasteiger partial charge in [-0.25, -0.2) is 9.97 Å². The smallest absolute Gasteiger partial charge is 0.234 e. The van der Waals surface area contributed by atoms with E-state index in [4.69, 9.17) is 4.74 Å². The van der Waals surface area contributed by atoms with E-state index >= 15 is 0 Å². The van der Waals surface area contributed by atoms with Gasteiger partial charge in [0.25, 0.3) is 0 Å². The fourth-order valence-electron chi connectivity index (χ4n) is 3.23. The van der Waals surface area contributed by atoms with E-state index in [2.05, 4.69) is 40.1 Å². The third-order valence-corrected chi connectivity index (χ3v) is 5.30. The second kappa shape index (κ2) is 8.71. The van der Waals surface area contributed by atoms with Gasteiger partial charge in [0, 0.05) is 24.8 Å². The lowest BCUT2D eigenvalue weighted by Gasteiger charge is -2.36. The van der Waals surface area contributed by atoms with Gasteiger partial charge in [-0.2, -0.15) is 0 Å². The number of aromatic nitrogens is 2. The number of hydrogen-bond acceptors (Lipinski definition) is 6. The molecule has 0 bridgehead atoms. The van der Waals surface area contributed by atoms with Gasteiger partial charge in [-0.15, -0.1) is 0 Å². The average Bonchev–Trinajstić information content (AvgIpc) is 2.62. The van der Waals surface area contributed by atoms with Crippen LogP contribution in [-0.4, -0.2) is 46.9 Å². The van der Waals surface area contributed by atoms with Gasteiger partial charge < -0.3 is 15.0 Å². The zero-order valence-corrected chi connectivity index (χ0v) is 17.0. The molecule has 1 aliphatic rings. The van der Waals surface area contributed by atoms with Crippen molar-refractivity contribution in [1.29, 1.82) is 0 Å². The summed E-state index contributed by atoms with van der Waals surface area (Å²) in [6.07, 6.45) is 1.90. The summed E-state index contributed by atoms with van der Waals surface area (Å²) in [5.41, 5.74) is 3.10. The monoisotopic (exact) mass is 386 g/mol. The Morgan fingerprint density at radius 2 is 1.96 bits per heavy atom. The molecule has 1 saturated heterocycles. The Bertz CT molecular complexity index is 804. The van der Waals surface area contributed by atoms with Crippen LogP contribution in [0, 0.1) is 13.8 Å². The molecule has 2 atom stereocenters. The summed E-state index contributed by atoms with van der Waals surface area (Å²) >= 11 is 1.42. The molecule has 0 radical (unpaired) electrons. The number of carbonyl (C=O) groups is 1. The summed E-state index contributed by atoms with van der Waals surface area (Å²) < 4.78 is 5.78. The number of carbonyl (C=O) groups excluding carboxylic acids is 1. The predicted molar refractivity (Wildman–Crippen MR) is 110 cm³/mol. The highest BCUT2D eigenvalue weighted by molar-refractivity contribution is 7.99. The Kier molecular flexibility index (Phi) is 6.34. The molecular formula is C20H26N4O2S. The van der Waals surface area contributed by atoms with E-state index < -0.39 is 0 Å². The van der Waals surface area contributed by atoms with E-state index in [0.29, 0.717) is 5.75 Å². The minimum atomic E-state index is -0.0410. The van der Waals surface area contributed by atoms with E-state index in [1.165, 1.54) is 17.3 Å². The number of aryl methyl sites for hydroxylation is 2. The summed E-state index contributed by atoms with van der Waals surface area (Å²) in [5, 5.41) is 3.76. The molecule has 0 saturated carbocycles. The minimum absolute atomic E-state index is 0.0410. The van der Waals surface area contributed by atoms with E-state index in [1.807, 2.05) is 32.0 Å². The minimum Gasteiger partial charge on any atom is -0.372 e. The number of hydrogen-bond donors (Lipinski definition) is 1. The lowest BCUT2D eigenvalue weighted by Crippen LogP contribution is -2.45. The maximum Gasteiger partial charge on any atom is 0.234 e. The molecule has 7 heteroatoms. The summed E-state index contributed by atoms with van der Waals surface area (Å²) in [4.78, 5) is 23.2. The lowest BCUT2D eigenvalue weighted by molar-refractivity contribution is -0.113. The number of thioether (sulfide) groups is 1. The Morgan fingerprint density at radius 3 is 2.67 bits per heavy atom. The van der Waals surface area contributed by atoms with Gasteiger partial charge in [-0.05, 0) is 39.3 Å². The molecule has 1 amide bonds. The second-order valence-corrected chi connectivity index (χ2v) is 8.03. The Labute approximate surface area is 164 Å². The van der Waals surface area contributed by atoms with Gasteiger partial charge >= 0.3 is 0 Å². The quantitative estimate of drug-likeness (QED) is 0.627. The fraction of sp³-hybridized carbons (Fsp3) is 0.450. The Hall–Kier alpha value is -2.12. The molecule has 144 valence electrons. The van der Waals surface area contributed by atoms with Crippen LogP contribution in [0.5, 0.6) is 0 Å². The number of ether oxygens (including phenoxy) is 1. The lowest BCUT2D eigenvalue weighted by atomic mass is 10.1. The van der Waals surface area contributed by atoms with E-state index in [9.17, 15) is 4.79 Å². The van der Waals surface area contributed by atoms with Crippen molar-refractivity contribution in [3.63, 3.8) is 0 Å². The van der Waals surface area contributed by atoms with Crippen molar-refractivity contribution >= 4 is 29.2 Å². The van der Waals surface area contributed by atoms with Crippen molar-refractivity contribution in [2.24, 2.45) is 0 Å². The SMILES string of the molecule is Cc1ccc(NC(=O)CSc2cc(N3CC(C)OC(C)C3)ncn2)c(C)c1. The van der Waals surface area contributed by atoms with Crippen LogP contribution in [-0.2, 0) is 9.53 Å². The maximum atomic E-state index is 12.3. The number of anilines is 2. The van der Waals surface area contributed by atoms with Crippen LogP contribution in [0.25, 0.3) is 0 Å². The second-order valence-electron chi connectivity index (χ2n) is 7.03. The third kappa shape index (κ3) is 5.43. The molecule has 1 aliphatic heterocycles. The van der Waals surface area contributed by atoms with Gasteiger partial charge in [0.1, 0.15) is 17.2 Å². The molecule has 27 heavy (non-hydrogen) atoms. The van der Waals surface area contributed by atoms with Crippen molar-refractivity contribution in [2.45, 2.75) is 44.9 Å². The predicted octanol–water partition coefficient (Wildman–Crippen LogP) is 3.44. The van der Waals surface area contributed by atoms with E-state index in [-0.39, 0.29) is 18.1 Å². The zero-order valence-electron chi connectivity index (χ0n) is 16.2. The molecule has 2 unspecified atom stereocenters. The molecule has 2 heterocycles. The highest BCUT2D eigenvalue weighted by atomic mass is 32.2. The standard InChI is InChI=1S/C20H26N4O2S/c1-13-5-6-17(14(2)7-13)23-19(25)11-27-20-8-18(21-12-22-20)24-9-15(3)26-16(4)10-24/h5-8,12,15-16H,9-11H2,1-4H3,(H,23,25). The van der Waals surface area contributed by atoms with Gasteiger partial charge in [-0.1, -0.05) is 29.5 Å². The molecule has 1 fully saturated rings. The molecule has 1 aromatic carbocycles. The zero-order chi connectivity index (χ0) is 19.4. The van der Waals surface area contributed by atoms with Crippen molar-refractivity contribution in [3.05, 3.63) is 41.7 Å². The topological polar surface area (TPSA) is 67.4 Å². The summed E-state index contributed by atoms with van der Waals surface area (Å²) in [7, 11) is 0. The molecule has 2 aromatic rings. The van der Waals surface area contributed by atoms with Crippen LogP contribution in [0.2, 0.25) is 0 Å². The molecule has 0 spiro atoms. The van der Waals surface area contributed by atoms with Crippen LogP contribution in [0.4, 0.5) is 11.5 Å². The molecule has 6 nitrogen and oxygen atoms in total. The first-order chi connectivity index (χ1) is 12.9. The molecule has 1 aromatic heterocycles. The number of rotatable bonds is 5. The van der Waals surface area contributed by atoms with Crippen molar-refractivity contribution < 1.29 is 9.53 Å². The number of amides is 1. The highest BCUT2D eigenvalue weighted by Gasteiger charge is 2.23. The normalized spacial score (nSPS) is 19.8. The van der Waals surface area contributed by atoms with E-state index in [0.717, 1.165) is 35.2 Å². The van der Waals surface area contributed by atoms with Crippen LogP contribution < -0.4 is 10.2 Å². The summed E-state index contributed by atoms with van der Waals surface area (Å²) in [5.74, 6) is 1.14. The van der Waals surface area contributed by atoms with Gasteiger partial charge in [0.15, 0.2) is 0 Å². The number of benzene rings is 1. The van der Waals surface area contributed by atoms with Crippen LogP contribution in [0.3, 0.4) is 0 Å². The summed E-state index contributed by atoms with van der Waals surface area (Å²) in [6, 6.07) is 7.94. The largest absolute Gasteiger partial charge is 0.372 e. The highest BCUT2D eigenvalue weighted by Crippen LogP contribution is 2.23. The van der Waals surface area contributed by atoms with Crippen LogP contribution in [0.15, 0.2) is 35.6 Å². The van der Waals surface area contributed by atoms with Gasteiger partial charge in [0.2, 0.25) is 5.91 Å². The first-order valence-electron chi connectivity index (χ1n) is 9.13. The molecule has 0 aliphatic carbocycles. The van der Waals surface area contributed by atoms with Crippen LogP contribution >= 0.6 is 11.8 Å². The summed E-state index contributed by atoms with van der Waals surface area (Å²) in [6.45, 7) is 9.78. The Morgan fingerprint density at radius 1 is 1.22 bits per heavy atom.